The summed E-state index contributed by atoms with van der Waals surface area (Å²) in [6.07, 6.45) is -0.202. The molecule has 0 saturated heterocycles. The van der Waals surface area contributed by atoms with E-state index in [1.807, 2.05) is 26.0 Å². The lowest BCUT2D eigenvalue weighted by Gasteiger charge is -2.10. The molecule has 0 fully saturated rings. The summed E-state index contributed by atoms with van der Waals surface area (Å²) in [5.74, 6) is 0.492. The van der Waals surface area contributed by atoms with Gasteiger partial charge in [0.15, 0.2) is 5.89 Å². The second-order valence-electron chi connectivity index (χ2n) is 4.71. The maximum atomic E-state index is 10.9. The van der Waals surface area contributed by atoms with Gasteiger partial charge >= 0.3 is 5.97 Å². The number of hydrogen-bond donors (Lipinski definition) is 1. The third kappa shape index (κ3) is 2.66. The monoisotopic (exact) mass is 275 g/mol. The van der Waals surface area contributed by atoms with Crippen LogP contribution in [-0.2, 0) is 11.2 Å². The van der Waals surface area contributed by atoms with Gasteiger partial charge in [0.05, 0.1) is 7.11 Å². The van der Waals surface area contributed by atoms with Gasteiger partial charge in [-0.15, -0.1) is 0 Å². The fourth-order valence-electron chi connectivity index (χ4n) is 2.08. The van der Waals surface area contributed by atoms with Crippen LogP contribution in [0.1, 0.15) is 22.8 Å². The van der Waals surface area contributed by atoms with Gasteiger partial charge in [-0.3, -0.25) is 4.79 Å². The maximum Gasteiger partial charge on any atom is 0.311 e. The van der Waals surface area contributed by atoms with Gasteiger partial charge in [-0.2, -0.15) is 0 Å². The van der Waals surface area contributed by atoms with Gasteiger partial charge in [-0.05, 0) is 37.1 Å². The van der Waals surface area contributed by atoms with E-state index in [0.29, 0.717) is 23.1 Å². The fraction of sp³-hybridized carbons (Fsp3) is 0.333. The van der Waals surface area contributed by atoms with E-state index < -0.39 is 5.97 Å². The molecule has 1 aromatic carbocycles. The van der Waals surface area contributed by atoms with E-state index in [2.05, 4.69) is 4.98 Å². The highest BCUT2D eigenvalue weighted by Crippen LogP contribution is 2.34. The van der Waals surface area contributed by atoms with Gasteiger partial charge in [-0.25, -0.2) is 4.98 Å². The largest absolute Gasteiger partial charge is 0.496 e. The van der Waals surface area contributed by atoms with Gasteiger partial charge in [0.1, 0.15) is 23.6 Å². The summed E-state index contributed by atoms with van der Waals surface area (Å²) in [5, 5.41) is 8.95. The van der Waals surface area contributed by atoms with E-state index >= 15 is 0 Å². The van der Waals surface area contributed by atoms with E-state index in [9.17, 15) is 4.79 Å². The third-order valence-electron chi connectivity index (χ3n) is 3.19. The highest BCUT2D eigenvalue weighted by molar-refractivity contribution is 5.76. The molecule has 5 heteroatoms. The molecule has 0 amide bonds. The Bertz CT molecular complexity index is 658. The number of carbonyl (C=O) groups is 1. The molecule has 2 aromatic rings. The second kappa shape index (κ2) is 5.36. The number of carboxylic acid groups (broad SMARTS) is 1. The molecule has 0 unspecified atom stereocenters. The Kier molecular flexibility index (Phi) is 3.79. The van der Waals surface area contributed by atoms with Crippen molar-refractivity contribution in [3.05, 3.63) is 34.9 Å². The number of benzene rings is 1. The molecule has 106 valence electrons. The zero-order valence-corrected chi connectivity index (χ0v) is 12.0. The Hall–Kier alpha value is -2.30. The SMILES string of the molecule is COc1cc(C)c(C)cc1-c1nc(C)oc1CC(=O)O. The summed E-state index contributed by atoms with van der Waals surface area (Å²) in [6, 6.07) is 3.86. The van der Waals surface area contributed by atoms with Gasteiger partial charge < -0.3 is 14.3 Å². The normalized spacial score (nSPS) is 10.6. The first-order chi connectivity index (χ1) is 9.42. The average Bonchev–Trinajstić information content (AvgIpc) is 2.72. The molecule has 0 aliphatic carbocycles. The fourth-order valence-corrected chi connectivity index (χ4v) is 2.08. The van der Waals surface area contributed by atoms with Crippen molar-refractivity contribution in [3.8, 4) is 17.0 Å². The Morgan fingerprint density at radius 1 is 1.30 bits per heavy atom. The van der Waals surface area contributed by atoms with Crippen molar-refractivity contribution in [1.29, 1.82) is 0 Å². The van der Waals surface area contributed by atoms with Crippen molar-refractivity contribution in [2.75, 3.05) is 7.11 Å². The Morgan fingerprint density at radius 2 is 1.95 bits per heavy atom. The lowest BCUT2D eigenvalue weighted by atomic mass is 10.0. The topological polar surface area (TPSA) is 72.6 Å². The van der Waals surface area contributed by atoms with Crippen LogP contribution in [-0.4, -0.2) is 23.2 Å². The number of aromatic nitrogens is 1. The quantitative estimate of drug-likeness (QED) is 0.928. The second-order valence-corrected chi connectivity index (χ2v) is 4.71. The van der Waals surface area contributed by atoms with Crippen LogP contribution < -0.4 is 4.74 Å². The number of carboxylic acids is 1. The molecule has 20 heavy (non-hydrogen) atoms. The summed E-state index contributed by atoms with van der Waals surface area (Å²) in [5.41, 5.74) is 3.47. The minimum Gasteiger partial charge on any atom is -0.496 e. The van der Waals surface area contributed by atoms with Crippen LogP contribution in [0.5, 0.6) is 5.75 Å². The summed E-state index contributed by atoms with van der Waals surface area (Å²) in [7, 11) is 1.58. The molecule has 1 N–H and O–H groups in total. The molecule has 1 aromatic heterocycles. The molecule has 0 aliphatic heterocycles. The van der Waals surface area contributed by atoms with E-state index in [4.69, 9.17) is 14.3 Å². The number of methoxy groups -OCH3 is 1. The minimum absolute atomic E-state index is 0.202. The number of rotatable bonds is 4. The molecular formula is C15H17NO4. The predicted octanol–water partition coefficient (Wildman–Crippen LogP) is 2.90. The summed E-state index contributed by atoms with van der Waals surface area (Å²) in [4.78, 5) is 15.2. The van der Waals surface area contributed by atoms with Crippen molar-refractivity contribution in [2.24, 2.45) is 0 Å². The van der Waals surface area contributed by atoms with Crippen molar-refractivity contribution in [2.45, 2.75) is 27.2 Å². The number of ether oxygens (including phenoxy) is 1. The number of hydrogen-bond acceptors (Lipinski definition) is 4. The predicted molar refractivity (Wildman–Crippen MR) is 74.0 cm³/mol. The first kappa shape index (κ1) is 14.1. The Labute approximate surface area is 117 Å². The lowest BCUT2D eigenvalue weighted by molar-refractivity contribution is -0.136. The zero-order valence-electron chi connectivity index (χ0n) is 12.0. The van der Waals surface area contributed by atoms with Crippen molar-refractivity contribution >= 4 is 5.97 Å². The van der Waals surface area contributed by atoms with Gasteiger partial charge in [-0.1, -0.05) is 0 Å². The average molecular weight is 275 g/mol. The Morgan fingerprint density at radius 3 is 2.55 bits per heavy atom. The highest BCUT2D eigenvalue weighted by Gasteiger charge is 2.19. The van der Waals surface area contributed by atoms with E-state index in [0.717, 1.165) is 16.7 Å². The van der Waals surface area contributed by atoms with Gasteiger partial charge in [0.25, 0.3) is 0 Å². The van der Waals surface area contributed by atoms with E-state index in [1.54, 1.807) is 14.0 Å². The molecule has 0 saturated carbocycles. The number of nitrogens with zero attached hydrogens (tertiary/aromatic N) is 1. The Balaban J connectivity index is 2.61. The van der Waals surface area contributed by atoms with Crippen LogP contribution in [0.15, 0.2) is 16.5 Å². The molecule has 0 atom stereocenters. The maximum absolute atomic E-state index is 10.9. The van der Waals surface area contributed by atoms with E-state index in [-0.39, 0.29) is 6.42 Å². The first-order valence-electron chi connectivity index (χ1n) is 6.26. The van der Waals surface area contributed by atoms with Gasteiger partial charge in [0.2, 0.25) is 0 Å². The molecule has 0 spiro atoms. The summed E-state index contributed by atoms with van der Waals surface area (Å²) < 4.78 is 10.8. The zero-order chi connectivity index (χ0) is 14.9. The molecule has 0 radical (unpaired) electrons. The number of aryl methyl sites for hydroxylation is 3. The molecule has 5 nitrogen and oxygen atoms in total. The first-order valence-corrected chi connectivity index (χ1v) is 6.26. The number of oxazole rings is 1. The standard InChI is InChI=1S/C15H17NO4/c1-8-5-11(12(19-4)6-9(8)2)15-13(7-14(17)18)20-10(3)16-15/h5-6H,7H2,1-4H3,(H,17,18). The van der Waals surface area contributed by atoms with Crippen LogP contribution in [0.25, 0.3) is 11.3 Å². The third-order valence-corrected chi connectivity index (χ3v) is 3.19. The summed E-state index contributed by atoms with van der Waals surface area (Å²) >= 11 is 0. The van der Waals surface area contributed by atoms with E-state index in [1.165, 1.54) is 0 Å². The lowest BCUT2D eigenvalue weighted by Crippen LogP contribution is -2.01. The molecular weight excluding hydrogens is 258 g/mol. The van der Waals surface area contributed by atoms with Crippen LogP contribution in [0, 0.1) is 20.8 Å². The molecule has 1 heterocycles. The van der Waals surface area contributed by atoms with Gasteiger partial charge in [0, 0.05) is 12.5 Å². The summed E-state index contributed by atoms with van der Waals surface area (Å²) in [6.45, 7) is 5.68. The molecule has 0 aliphatic rings. The smallest absolute Gasteiger partial charge is 0.311 e. The minimum atomic E-state index is -0.954. The number of aliphatic carboxylic acids is 1. The van der Waals surface area contributed by atoms with Crippen molar-refractivity contribution in [1.82, 2.24) is 4.98 Å². The van der Waals surface area contributed by atoms with Crippen LogP contribution >= 0.6 is 0 Å². The molecule has 0 bridgehead atoms. The molecule has 2 rings (SSSR count). The van der Waals surface area contributed by atoms with Crippen molar-refractivity contribution in [3.63, 3.8) is 0 Å². The highest BCUT2D eigenvalue weighted by atomic mass is 16.5. The van der Waals surface area contributed by atoms with Crippen molar-refractivity contribution < 1.29 is 19.1 Å². The van der Waals surface area contributed by atoms with Crippen LogP contribution in [0.2, 0.25) is 0 Å². The van der Waals surface area contributed by atoms with Crippen LogP contribution in [0.4, 0.5) is 0 Å². The van der Waals surface area contributed by atoms with Crippen LogP contribution in [0.3, 0.4) is 0 Å².